The van der Waals surface area contributed by atoms with Crippen molar-refractivity contribution in [3.8, 4) is 5.75 Å². The second-order valence-electron chi connectivity index (χ2n) is 7.67. The van der Waals surface area contributed by atoms with E-state index in [1.807, 2.05) is 12.1 Å². The molecule has 1 aliphatic heterocycles. The molecule has 2 N–H and O–H groups in total. The van der Waals surface area contributed by atoms with Gasteiger partial charge in [0.25, 0.3) is 5.69 Å². The van der Waals surface area contributed by atoms with Gasteiger partial charge < -0.3 is 15.0 Å². The Bertz CT molecular complexity index is 1120. The zero-order valence-electron chi connectivity index (χ0n) is 17.1. The second-order valence-corrected chi connectivity index (χ2v) is 8.11. The van der Waals surface area contributed by atoms with Crippen molar-refractivity contribution < 1.29 is 14.5 Å². The van der Waals surface area contributed by atoms with Gasteiger partial charge in [-0.25, -0.2) is 0 Å². The van der Waals surface area contributed by atoms with Gasteiger partial charge in [-0.2, -0.15) is 0 Å². The Morgan fingerprint density at radius 2 is 2.06 bits per heavy atom. The fourth-order valence-electron chi connectivity index (χ4n) is 4.14. The largest absolute Gasteiger partial charge is 0.497 e. The SMILES string of the molecule is COc1ccc2[nH]cc(C3CCN(CC(=O)Nc4ccc(Cl)cc4[N+](=O)[O-])CC3)c2c1. The molecule has 8 nitrogen and oxygen atoms in total. The lowest BCUT2D eigenvalue weighted by Gasteiger charge is -2.31. The van der Waals surface area contributed by atoms with Crippen molar-refractivity contribution in [2.45, 2.75) is 18.8 Å². The molecule has 3 aromatic rings. The zero-order valence-corrected chi connectivity index (χ0v) is 17.8. The van der Waals surface area contributed by atoms with Crippen LogP contribution in [0.5, 0.6) is 5.75 Å². The van der Waals surface area contributed by atoms with Crippen molar-refractivity contribution in [3.05, 3.63) is 63.3 Å². The number of nitrogens with zero attached hydrogens (tertiary/aromatic N) is 2. The number of nitro benzene ring substituents is 1. The first-order valence-electron chi connectivity index (χ1n) is 10.1. The van der Waals surface area contributed by atoms with Crippen LogP contribution in [0.25, 0.3) is 10.9 Å². The van der Waals surface area contributed by atoms with Crippen LogP contribution in [-0.4, -0.2) is 47.5 Å². The van der Waals surface area contributed by atoms with E-state index in [1.54, 1.807) is 7.11 Å². The van der Waals surface area contributed by atoms with E-state index < -0.39 is 4.92 Å². The molecule has 162 valence electrons. The maximum Gasteiger partial charge on any atom is 0.294 e. The van der Waals surface area contributed by atoms with Gasteiger partial charge >= 0.3 is 0 Å². The molecule has 31 heavy (non-hydrogen) atoms. The summed E-state index contributed by atoms with van der Waals surface area (Å²) in [5.74, 6) is 0.956. The van der Waals surface area contributed by atoms with Crippen molar-refractivity contribution in [3.63, 3.8) is 0 Å². The Kier molecular flexibility index (Phi) is 6.11. The van der Waals surface area contributed by atoms with Crippen molar-refractivity contribution in [1.82, 2.24) is 9.88 Å². The number of aromatic amines is 1. The average Bonchev–Trinajstić information content (AvgIpc) is 3.18. The number of nitro groups is 1. The third-order valence-electron chi connectivity index (χ3n) is 5.75. The topological polar surface area (TPSA) is 100 Å². The number of carbonyl (C=O) groups excluding carboxylic acids is 1. The lowest BCUT2D eigenvalue weighted by molar-refractivity contribution is -0.383. The maximum atomic E-state index is 12.5. The minimum Gasteiger partial charge on any atom is -0.497 e. The minimum absolute atomic E-state index is 0.155. The monoisotopic (exact) mass is 442 g/mol. The number of likely N-dealkylation sites (tertiary alicyclic amines) is 1. The lowest BCUT2D eigenvalue weighted by atomic mass is 9.89. The van der Waals surface area contributed by atoms with Gasteiger partial charge in [-0.05, 0) is 67.7 Å². The number of amides is 1. The Morgan fingerprint density at radius 3 is 2.77 bits per heavy atom. The molecule has 0 unspecified atom stereocenters. The highest BCUT2D eigenvalue weighted by Crippen LogP contribution is 2.34. The number of ether oxygens (including phenoxy) is 1. The fourth-order valence-corrected chi connectivity index (χ4v) is 4.31. The highest BCUT2D eigenvalue weighted by atomic mass is 35.5. The predicted octanol–water partition coefficient (Wildman–Crippen LogP) is 4.56. The summed E-state index contributed by atoms with van der Waals surface area (Å²) in [6, 6.07) is 10.2. The van der Waals surface area contributed by atoms with Crippen LogP contribution in [0.1, 0.15) is 24.3 Å². The van der Waals surface area contributed by atoms with E-state index in [9.17, 15) is 14.9 Å². The molecule has 0 radical (unpaired) electrons. The van der Waals surface area contributed by atoms with Gasteiger partial charge in [-0.1, -0.05) is 11.6 Å². The average molecular weight is 443 g/mol. The molecule has 0 aliphatic carbocycles. The molecule has 1 saturated heterocycles. The normalized spacial score (nSPS) is 15.2. The van der Waals surface area contributed by atoms with Crippen LogP contribution in [0.3, 0.4) is 0 Å². The summed E-state index contributed by atoms with van der Waals surface area (Å²) in [7, 11) is 1.66. The molecule has 1 fully saturated rings. The maximum absolute atomic E-state index is 12.5. The molecule has 1 aliphatic rings. The van der Waals surface area contributed by atoms with Crippen LogP contribution in [-0.2, 0) is 4.79 Å². The fraction of sp³-hybridized carbons (Fsp3) is 0.318. The number of nitrogens with one attached hydrogen (secondary N) is 2. The Balaban J connectivity index is 1.37. The van der Waals surface area contributed by atoms with Crippen molar-refractivity contribution in [2.75, 3.05) is 32.1 Å². The zero-order chi connectivity index (χ0) is 22.0. The first kappa shape index (κ1) is 21.1. The number of methoxy groups -OCH3 is 1. The molecular weight excluding hydrogens is 420 g/mol. The lowest BCUT2D eigenvalue weighted by Crippen LogP contribution is -2.38. The molecule has 0 saturated carbocycles. The second kappa shape index (κ2) is 8.95. The highest BCUT2D eigenvalue weighted by Gasteiger charge is 2.25. The number of benzene rings is 2. The van der Waals surface area contributed by atoms with Gasteiger partial charge in [0.05, 0.1) is 18.6 Å². The number of hydrogen-bond donors (Lipinski definition) is 2. The van der Waals surface area contributed by atoms with Gasteiger partial charge in [0.1, 0.15) is 11.4 Å². The number of anilines is 1. The van der Waals surface area contributed by atoms with Crippen molar-refractivity contribution in [1.29, 1.82) is 0 Å². The number of halogens is 1. The molecule has 4 rings (SSSR count). The summed E-state index contributed by atoms with van der Waals surface area (Å²) >= 11 is 5.83. The summed E-state index contributed by atoms with van der Waals surface area (Å²) in [5, 5.41) is 15.3. The highest BCUT2D eigenvalue weighted by molar-refractivity contribution is 6.31. The smallest absolute Gasteiger partial charge is 0.294 e. The molecule has 0 atom stereocenters. The van der Waals surface area contributed by atoms with E-state index in [1.165, 1.54) is 29.1 Å². The number of carbonyl (C=O) groups is 1. The summed E-state index contributed by atoms with van der Waals surface area (Å²) in [5.41, 5.74) is 2.30. The van der Waals surface area contributed by atoms with Gasteiger partial charge in [0, 0.05) is 28.2 Å². The molecule has 9 heteroatoms. The van der Waals surface area contributed by atoms with E-state index in [2.05, 4.69) is 27.5 Å². The molecule has 1 amide bonds. The molecular formula is C22H23ClN4O4. The molecule has 0 bridgehead atoms. The number of fused-ring (bicyclic) bond motifs is 1. The van der Waals surface area contributed by atoms with Crippen molar-refractivity contribution in [2.24, 2.45) is 0 Å². The summed E-state index contributed by atoms with van der Waals surface area (Å²) in [6.07, 6.45) is 3.92. The summed E-state index contributed by atoms with van der Waals surface area (Å²) < 4.78 is 5.36. The molecule has 2 aromatic carbocycles. The third-order valence-corrected chi connectivity index (χ3v) is 5.98. The first-order valence-corrected chi connectivity index (χ1v) is 10.4. The van der Waals surface area contributed by atoms with Crippen LogP contribution in [0.2, 0.25) is 5.02 Å². The third kappa shape index (κ3) is 4.65. The van der Waals surface area contributed by atoms with E-state index in [4.69, 9.17) is 16.3 Å². The quantitative estimate of drug-likeness (QED) is 0.430. The number of hydrogen-bond acceptors (Lipinski definition) is 5. The van der Waals surface area contributed by atoms with Gasteiger partial charge in [-0.15, -0.1) is 0 Å². The van der Waals surface area contributed by atoms with Gasteiger partial charge in [-0.3, -0.25) is 19.8 Å². The van der Waals surface area contributed by atoms with Gasteiger partial charge in [0.2, 0.25) is 5.91 Å². The van der Waals surface area contributed by atoms with Crippen molar-refractivity contribution >= 4 is 39.8 Å². The Morgan fingerprint density at radius 1 is 1.29 bits per heavy atom. The number of aromatic nitrogens is 1. The molecule has 2 heterocycles. The van der Waals surface area contributed by atoms with Crippen LogP contribution >= 0.6 is 11.6 Å². The van der Waals surface area contributed by atoms with E-state index >= 15 is 0 Å². The Labute approximate surface area is 184 Å². The Hall–Kier alpha value is -3.10. The van der Waals surface area contributed by atoms with Crippen LogP contribution < -0.4 is 10.1 Å². The predicted molar refractivity (Wildman–Crippen MR) is 120 cm³/mol. The standard InChI is InChI=1S/C22H23ClN4O4/c1-31-16-3-5-19-17(11-16)18(12-24-19)14-6-8-26(9-7-14)13-22(28)25-20-4-2-15(23)10-21(20)27(29)30/h2-5,10-12,14,24H,6-9,13H2,1H3,(H,25,28). The summed E-state index contributed by atoms with van der Waals surface area (Å²) in [6.45, 7) is 1.74. The van der Waals surface area contributed by atoms with Crippen LogP contribution in [0.4, 0.5) is 11.4 Å². The van der Waals surface area contributed by atoms with E-state index in [0.29, 0.717) is 5.92 Å². The minimum atomic E-state index is -0.552. The van der Waals surface area contributed by atoms with Crippen LogP contribution in [0, 0.1) is 10.1 Å². The van der Waals surface area contributed by atoms with Gasteiger partial charge in [0.15, 0.2) is 0 Å². The molecule has 1 aromatic heterocycles. The van der Waals surface area contributed by atoms with E-state index in [-0.39, 0.29) is 28.8 Å². The van der Waals surface area contributed by atoms with Crippen LogP contribution in [0.15, 0.2) is 42.6 Å². The number of H-pyrrole nitrogens is 1. The summed E-state index contributed by atoms with van der Waals surface area (Å²) in [4.78, 5) is 28.5. The van der Waals surface area contributed by atoms with E-state index in [0.717, 1.165) is 37.2 Å². The first-order chi connectivity index (χ1) is 14.9. The molecule has 0 spiro atoms. The number of piperidine rings is 1. The number of rotatable bonds is 6.